The average Bonchev–Trinajstić information content (AvgIpc) is 2.81. The molecule has 0 aromatic heterocycles. The second-order valence-corrected chi connectivity index (χ2v) is 11.1. The van der Waals surface area contributed by atoms with Crippen LogP contribution in [0.2, 0.25) is 0 Å². The Morgan fingerprint density at radius 3 is 2.30 bits per heavy atom. The molecule has 1 aliphatic rings. The van der Waals surface area contributed by atoms with Crippen LogP contribution in [0.1, 0.15) is 45.6 Å². The van der Waals surface area contributed by atoms with Crippen LogP contribution in [0.5, 0.6) is 11.5 Å². The molecular weight excluding hydrogens is 440 g/mol. The van der Waals surface area contributed by atoms with Crippen LogP contribution in [-0.2, 0) is 20.2 Å². The summed E-state index contributed by atoms with van der Waals surface area (Å²) in [4.78, 5) is 12.4. The summed E-state index contributed by atoms with van der Waals surface area (Å²) >= 11 is 0. The van der Waals surface area contributed by atoms with E-state index >= 15 is 0 Å². The molecule has 1 N–H and O–H groups in total. The molecule has 7 nitrogen and oxygen atoms in total. The van der Waals surface area contributed by atoms with Gasteiger partial charge in [-0.1, -0.05) is 45.4 Å². The Morgan fingerprint density at radius 2 is 1.64 bits per heavy atom. The molecule has 0 saturated carbocycles. The molecule has 180 valence electrons. The standard InChI is InChI=1S/C25H34N2O5S/c1-25(2,3)22-9-5-6-10-23(22)32-19-24(28)26-15-18-31-20-11-13-21(14-12-20)33(29,30)27-16-7-4-8-17-27/h5-6,9-14H,4,7-8,15-19H2,1-3H3,(H,26,28). The molecule has 0 radical (unpaired) electrons. The van der Waals surface area contributed by atoms with E-state index in [0.29, 0.717) is 31.1 Å². The molecule has 1 fully saturated rings. The minimum absolute atomic E-state index is 0.0733. The van der Waals surface area contributed by atoms with Crippen molar-refractivity contribution in [2.45, 2.75) is 50.3 Å². The van der Waals surface area contributed by atoms with Gasteiger partial charge in [-0.05, 0) is 54.2 Å². The van der Waals surface area contributed by atoms with Gasteiger partial charge in [0.15, 0.2) is 6.61 Å². The van der Waals surface area contributed by atoms with Crippen LogP contribution in [-0.4, -0.2) is 51.5 Å². The summed E-state index contributed by atoms with van der Waals surface area (Å²) < 4.78 is 38.3. The topological polar surface area (TPSA) is 84.9 Å². The smallest absolute Gasteiger partial charge is 0.258 e. The van der Waals surface area contributed by atoms with Gasteiger partial charge in [0.2, 0.25) is 10.0 Å². The molecule has 0 unspecified atom stereocenters. The number of hydrogen-bond donors (Lipinski definition) is 1. The monoisotopic (exact) mass is 474 g/mol. The van der Waals surface area contributed by atoms with Crippen molar-refractivity contribution in [2.24, 2.45) is 0 Å². The third-order valence-corrected chi connectivity index (χ3v) is 7.44. The zero-order chi connectivity index (χ0) is 23.9. The molecule has 2 aromatic carbocycles. The van der Waals surface area contributed by atoms with Gasteiger partial charge in [-0.3, -0.25) is 4.79 Å². The summed E-state index contributed by atoms with van der Waals surface area (Å²) in [5.74, 6) is 1.03. The zero-order valence-corrected chi connectivity index (χ0v) is 20.5. The Kier molecular flexibility index (Phi) is 8.37. The minimum Gasteiger partial charge on any atom is -0.492 e. The van der Waals surface area contributed by atoms with Crippen LogP contribution >= 0.6 is 0 Å². The van der Waals surface area contributed by atoms with E-state index in [1.165, 1.54) is 0 Å². The predicted molar refractivity (Wildman–Crippen MR) is 128 cm³/mol. The summed E-state index contributed by atoms with van der Waals surface area (Å²) in [5, 5.41) is 2.77. The van der Waals surface area contributed by atoms with E-state index in [4.69, 9.17) is 9.47 Å². The summed E-state index contributed by atoms with van der Waals surface area (Å²) in [7, 11) is -3.45. The van der Waals surface area contributed by atoms with Crippen LogP contribution in [0.3, 0.4) is 0 Å². The molecule has 2 aromatic rings. The average molecular weight is 475 g/mol. The first kappa shape index (κ1) is 25.1. The van der Waals surface area contributed by atoms with Crippen molar-refractivity contribution in [2.75, 3.05) is 32.8 Å². The van der Waals surface area contributed by atoms with Crippen LogP contribution in [0.4, 0.5) is 0 Å². The number of sulfonamides is 1. The Hall–Kier alpha value is -2.58. The first-order chi connectivity index (χ1) is 15.7. The number of benzene rings is 2. The summed E-state index contributed by atoms with van der Waals surface area (Å²) in [5.41, 5.74) is 0.968. The largest absolute Gasteiger partial charge is 0.492 e. The molecule has 0 aliphatic carbocycles. The molecule has 0 bridgehead atoms. The second-order valence-electron chi connectivity index (χ2n) is 9.17. The highest BCUT2D eigenvalue weighted by molar-refractivity contribution is 7.89. The van der Waals surface area contributed by atoms with Crippen molar-refractivity contribution in [1.29, 1.82) is 0 Å². The van der Waals surface area contributed by atoms with Gasteiger partial charge < -0.3 is 14.8 Å². The van der Waals surface area contributed by atoms with Crippen LogP contribution < -0.4 is 14.8 Å². The Balaban J connectivity index is 1.42. The van der Waals surface area contributed by atoms with Crippen molar-refractivity contribution >= 4 is 15.9 Å². The van der Waals surface area contributed by atoms with Crippen molar-refractivity contribution in [3.8, 4) is 11.5 Å². The molecule has 1 aliphatic heterocycles. The lowest BCUT2D eigenvalue weighted by molar-refractivity contribution is -0.123. The lowest BCUT2D eigenvalue weighted by Crippen LogP contribution is -2.35. The van der Waals surface area contributed by atoms with E-state index < -0.39 is 10.0 Å². The van der Waals surface area contributed by atoms with Crippen molar-refractivity contribution in [3.63, 3.8) is 0 Å². The molecule has 3 rings (SSSR count). The number of piperidine rings is 1. The number of carbonyl (C=O) groups is 1. The fourth-order valence-corrected chi connectivity index (χ4v) is 5.25. The minimum atomic E-state index is -3.45. The highest BCUT2D eigenvalue weighted by Gasteiger charge is 2.25. The van der Waals surface area contributed by atoms with Gasteiger partial charge in [0.1, 0.15) is 18.1 Å². The van der Waals surface area contributed by atoms with Crippen molar-refractivity contribution < 1.29 is 22.7 Å². The second kappa shape index (κ2) is 11.0. The van der Waals surface area contributed by atoms with Gasteiger partial charge in [-0.2, -0.15) is 4.31 Å². The number of ether oxygens (including phenoxy) is 2. The van der Waals surface area contributed by atoms with Gasteiger partial charge in [0.05, 0.1) is 11.4 Å². The van der Waals surface area contributed by atoms with Crippen molar-refractivity contribution in [3.05, 3.63) is 54.1 Å². The normalized spacial score (nSPS) is 15.1. The molecular formula is C25H34N2O5S. The summed E-state index contributed by atoms with van der Waals surface area (Å²) in [6.07, 6.45) is 2.88. The molecule has 1 amide bonds. The number of rotatable bonds is 9. The Morgan fingerprint density at radius 1 is 0.970 bits per heavy atom. The molecule has 0 spiro atoms. The van der Waals surface area contributed by atoms with Gasteiger partial charge in [-0.15, -0.1) is 0 Å². The number of hydrogen-bond acceptors (Lipinski definition) is 5. The van der Waals surface area contributed by atoms with E-state index in [1.807, 2.05) is 24.3 Å². The number of nitrogens with one attached hydrogen (secondary N) is 1. The molecule has 1 heterocycles. The molecule has 1 saturated heterocycles. The van der Waals surface area contributed by atoms with Gasteiger partial charge in [0.25, 0.3) is 5.91 Å². The maximum absolute atomic E-state index is 12.7. The lowest BCUT2D eigenvalue weighted by Gasteiger charge is -2.25. The van der Waals surface area contributed by atoms with E-state index in [0.717, 1.165) is 24.8 Å². The fourth-order valence-electron chi connectivity index (χ4n) is 3.73. The zero-order valence-electron chi connectivity index (χ0n) is 19.7. The number of para-hydroxylation sites is 1. The van der Waals surface area contributed by atoms with Crippen LogP contribution in [0.15, 0.2) is 53.4 Å². The first-order valence-corrected chi connectivity index (χ1v) is 12.8. The highest BCUT2D eigenvalue weighted by Crippen LogP contribution is 2.30. The first-order valence-electron chi connectivity index (χ1n) is 11.4. The van der Waals surface area contributed by atoms with Crippen LogP contribution in [0, 0.1) is 0 Å². The van der Waals surface area contributed by atoms with E-state index in [9.17, 15) is 13.2 Å². The van der Waals surface area contributed by atoms with E-state index in [1.54, 1.807) is 28.6 Å². The van der Waals surface area contributed by atoms with Gasteiger partial charge in [0, 0.05) is 13.1 Å². The Labute approximate surface area is 197 Å². The maximum Gasteiger partial charge on any atom is 0.258 e. The van der Waals surface area contributed by atoms with Gasteiger partial charge in [-0.25, -0.2) is 8.42 Å². The van der Waals surface area contributed by atoms with Crippen molar-refractivity contribution in [1.82, 2.24) is 9.62 Å². The third-order valence-electron chi connectivity index (χ3n) is 5.52. The number of amides is 1. The van der Waals surface area contributed by atoms with E-state index in [-0.39, 0.29) is 29.4 Å². The number of nitrogens with zero attached hydrogens (tertiary/aromatic N) is 1. The summed E-state index contributed by atoms with van der Waals surface area (Å²) in [6.45, 7) is 7.96. The Bertz CT molecular complexity index is 1020. The third kappa shape index (κ3) is 6.95. The van der Waals surface area contributed by atoms with E-state index in [2.05, 4.69) is 26.1 Å². The fraction of sp³-hybridized carbons (Fsp3) is 0.480. The quantitative estimate of drug-likeness (QED) is 0.560. The lowest BCUT2D eigenvalue weighted by atomic mass is 9.86. The SMILES string of the molecule is CC(C)(C)c1ccccc1OCC(=O)NCCOc1ccc(S(=O)(=O)N2CCCCC2)cc1. The molecule has 33 heavy (non-hydrogen) atoms. The summed E-state index contributed by atoms with van der Waals surface area (Å²) in [6, 6.07) is 14.1. The predicted octanol–water partition coefficient (Wildman–Crippen LogP) is 3.73. The molecule has 8 heteroatoms. The van der Waals surface area contributed by atoms with Crippen LogP contribution in [0.25, 0.3) is 0 Å². The number of carbonyl (C=O) groups excluding carboxylic acids is 1. The maximum atomic E-state index is 12.7. The van der Waals surface area contributed by atoms with Gasteiger partial charge >= 0.3 is 0 Å². The molecule has 0 atom stereocenters. The highest BCUT2D eigenvalue weighted by atomic mass is 32.2.